The number of nitrogens with zero attached hydrogens (tertiary/aromatic N) is 1. The molecule has 1 aromatic rings. The molecule has 1 aliphatic carbocycles. The van der Waals surface area contributed by atoms with Crippen molar-refractivity contribution in [3.05, 3.63) is 27.7 Å². The van der Waals surface area contributed by atoms with Crippen LogP contribution in [-0.2, 0) is 0 Å². The molecule has 1 fully saturated rings. The number of amides is 1. The third-order valence-electron chi connectivity index (χ3n) is 4.38. The molecule has 1 aliphatic rings. The van der Waals surface area contributed by atoms with E-state index in [1.165, 1.54) is 12.8 Å². The second-order valence-electron chi connectivity index (χ2n) is 5.87. The lowest BCUT2D eigenvalue weighted by atomic mass is 9.96. The van der Waals surface area contributed by atoms with Gasteiger partial charge in [0.05, 0.1) is 15.7 Å². The molecule has 0 bridgehead atoms. The number of hydrogen-bond donors (Lipinski definition) is 2. The average Bonchev–Trinajstić information content (AvgIpc) is 2.91. The first kappa shape index (κ1) is 16.4. The van der Waals surface area contributed by atoms with Gasteiger partial charge in [-0.05, 0) is 39.1 Å². The molecule has 0 aliphatic heterocycles. The molecule has 0 spiro atoms. The van der Waals surface area contributed by atoms with Crippen LogP contribution in [0.15, 0.2) is 12.1 Å². The second kappa shape index (κ2) is 6.42. The highest BCUT2D eigenvalue weighted by molar-refractivity contribution is 6.43. The van der Waals surface area contributed by atoms with Crippen molar-refractivity contribution < 1.29 is 4.79 Å². The number of rotatable bonds is 4. The van der Waals surface area contributed by atoms with Crippen LogP contribution < -0.4 is 11.1 Å². The molecule has 3 N–H and O–H groups in total. The Morgan fingerprint density at radius 3 is 2.48 bits per heavy atom. The van der Waals surface area contributed by atoms with Crippen molar-refractivity contribution in [3.8, 4) is 0 Å². The number of carbonyl (C=O) groups excluding carboxylic acids is 1. The van der Waals surface area contributed by atoms with E-state index in [4.69, 9.17) is 28.9 Å². The van der Waals surface area contributed by atoms with Gasteiger partial charge < -0.3 is 16.0 Å². The van der Waals surface area contributed by atoms with Crippen molar-refractivity contribution in [3.63, 3.8) is 0 Å². The molecule has 0 aromatic heterocycles. The molecule has 0 radical (unpaired) electrons. The van der Waals surface area contributed by atoms with Crippen molar-refractivity contribution in [2.45, 2.75) is 31.2 Å². The van der Waals surface area contributed by atoms with Gasteiger partial charge in [-0.2, -0.15) is 0 Å². The van der Waals surface area contributed by atoms with E-state index in [9.17, 15) is 4.79 Å². The Labute approximate surface area is 135 Å². The van der Waals surface area contributed by atoms with Gasteiger partial charge in [0.15, 0.2) is 0 Å². The van der Waals surface area contributed by atoms with Gasteiger partial charge in [0.25, 0.3) is 5.91 Å². The minimum atomic E-state index is -0.173. The highest BCUT2D eigenvalue weighted by atomic mass is 35.5. The standard InChI is InChI=1S/C15H21Cl2N3O/c1-20(2)15(5-3-4-6-15)9-19-14(21)10-7-11(16)13(17)12(18)8-10/h7-8H,3-6,9,18H2,1-2H3,(H,19,21). The molecule has 0 saturated heterocycles. The van der Waals surface area contributed by atoms with Crippen LogP contribution in [0.4, 0.5) is 5.69 Å². The van der Waals surface area contributed by atoms with Gasteiger partial charge in [-0.1, -0.05) is 36.0 Å². The molecule has 116 valence electrons. The van der Waals surface area contributed by atoms with E-state index < -0.39 is 0 Å². The van der Waals surface area contributed by atoms with E-state index in [1.54, 1.807) is 12.1 Å². The molecule has 0 unspecified atom stereocenters. The fourth-order valence-corrected chi connectivity index (χ4v) is 3.24. The van der Waals surface area contributed by atoms with Gasteiger partial charge >= 0.3 is 0 Å². The second-order valence-corrected chi connectivity index (χ2v) is 6.65. The van der Waals surface area contributed by atoms with Gasteiger partial charge in [-0.25, -0.2) is 0 Å². The van der Waals surface area contributed by atoms with Crippen LogP contribution in [0.5, 0.6) is 0 Å². The van der Waals surface area contributed by atoms with Gasteiger partial charge in [0.2, 0.25) is 0 Å². The number of benzene rings is 1. The van der Waals surface area contributed by atoms with Crippen molar-refractivity contribution >= 4 is 34.8 Å². The molecule has 6 heteroatoms. The van der Waals surface area contributed by atoms with Gasteiger partial charge in [-0.15, -0.1) is 0 Å². The van der Waals surface area contributed by atoms with Gasteiger partial charge in [0.1, 0.15) is 0 Å². The third-order valence-corrected chi connectivity index (χ3v) is 5.20. The number of nitrogen functional groups attached to an aromatic ring is 1. The van der Waals surface area contributed by atoms with E-state index in [1.807, 2.05) is 0 Å². The molecule has 4 nitrogen and oxygen atoms in total. The number of likely N-dealkylation sites (N-methyl/N-ethyl adjacent to an activating group) is 1. The third kappa shape index (κ3) is 3.44. The fourth-order valence-electron chi connectivity index (χ4n) is 2.90. The highest BCUT2D eigenvalue weighted by Gasteiger charge is 2.36. The Kier molecular flexibility index (Phi) is 5.02. The van der Waals surface area contributed by atoms with Crippen LogP contribution >= 0.6 is 23.2 Å². The van der Waals surface area contributed by atoms with E-state index in [0.717, 1.165) is 12.8 Å². The Morgan fingerprint density at radius 2 is 1.95 bits per heavy atom. The van der Waals surface area contributed by atoms with Crippen LogP contribution in [0.3, 0.4) is 0 Å². The number of nitrogens with two attached hydrogens (primary N) is 1. The zero-order chi connectivity index (χ0) is 15.6. The molecule has 2 rings (SSSR count). The summed E-state index contributed by atoms with van der Waals surface area (Å²) in [4.78, 5) is 14.5. The minimum absolute atomic E-state index is 0.0530. The van der Waals surface area contributed by atoms with Crippen LogP contribution in [0.25, 0.3) is 0 Å². The minimum Gasteiger partial charge on any atom is -0.397 e. The van der Waals surface area contributed by atoms with Crippen LogP contribution in [-0.4, -0.2) is 37.0 Å². The first-order valence-corrected chi connectivity index (χ1v) is 7.81. The lowest BCUT2D eigenvalue weighted by Gasteiger charge is -2.36. The van der Waals surface area contributed by atoms with Crippen LogP contribution in [0.2, 0.25) is 10.0 Å². The first-order chi connectivity index (χ1) is 9.85. The molecular weight excluding hydrogens is 309 g/mol. The van der Waals surface area contributed by atoms with Crippen LogP contribution in [0.1, 0.15) is 36.0 Å². The lowest BCUT2D eigenvalue weighted by molar-refractivity contribution is 0.0900. The number of hydrogen-bond acceptors (Lipinski definition) is 3. The Balaban J connectivity index is 2.08. The predicted molar refractivity (Wildman–Crippen MR) is 88.1 cm³/mol. The molecule has 0 heterocycles. The number of nitrogens with one attached hydrogen (secondary N) is 1. The molecule has 0 atom stereocenters. The monoisotopic (exact) mass is 329 g/mol. The molecule has 21 heavy (non-hydrogen) atoms. The SMILES string of the molecule is CN(C)C1(CNC(=O)c2cc(N)c(Cl)c(Cl)c2)CCCC1. The normalized spacial score (nSPS) is 17.2. The van der Waals surface area contributed by atoms with Gasteiger partial charge in [-0.3, -0.25) is 4.79 Å². The number of halogens is 2. The summed E-state index contributed by atoms with van der Waals surface area (Å²) in [6.07, 6.45) is 4.61. The largest absolute Gasteiger partial charge is 0.397 e. The molecular formula is C15H21Cl2N3O. The summed E-state index contributed by atoms with van der Waals surface area (Å²) in [5, 5.41) is 3.58. The molecule has 1 amide bonds. The van der Waals surface area contributed by atoms with Crippen molar-refractivity contribution in [1.29, 1.82) is 0 Å². The lowest BCUT2D eigenvalue weighted by Crippen LogP contribution is -2.50. The Bertz CT molecular complexity index is 517. The Hall–Kier alpha value is -0.970. The van der Waals surface area contributed by atoms with E-state index in [2.05, 4.69) is 24.3 Å². The van der Waals surface area contributed by atoms with Crippen molar-refractivity contribution in [2.75, 3.05) is 26.4 Å². The van der Waals surface area contributed by atoms with E-state index in [0.29, 0.717) is 22.8 Å². The highest BCUT2D eigenvalue weighted by Crippen LogP contribution is 2.33. The first-order valence-electron chi connectivity index (χ1n) is 7.06. The number of carbonyl (C=O) groups is 1. The number of anilines is 1. The Morgan fingerprint density at radius 1 is 1.33 bits per heavy atom. The van der Waals surface area contributed by atoms with Crippen molar-refractivity contribution in [2.24, 2.45) is 0 Å². The fraction of sp³-hybridized carbons (Fsp3) is 0.533. The average molecular weight is 330 g/mol. The summed E-state index contributed by atoms with van der Waals surface area (Å²) in [5.74, 6) is -0.173. The summed E-state index contributed by atoms with van der Waals surface area (Å²) in [5.41, 5.74) is 6.56. The van der Waals surface area contributed by atoms with E-state index >= 15 is 0 Å². The van der Waals surface area contributed by atoms with Crippen molar-refractivity contribution in [1.82, 2.24) is 10.2 Å². The van der Waals surface area contributed by atoms with Gasteiger partial charge in [0, 0.05) is 17.6 Å². The molecule has 1 aromatic carbocycles. The summed E-state index contributed by atoms with van der Waals surface area (Å²) in [6.45, 7) is 0.624. The maximum Gasteiger partial charge on any atom is 0.251 e. The zero-order valence-electron chi connectivity index (χ0n) is 12.4. The quantitative estimate of drug-likeness (QED) is 0.834. The smallest absolute Gasteiger partial charge is 0.251 e. The zero-order valence-corrected chi connectivity index (χ0v) is 13.9. The summed E-state index contributed by atoms with van der Waals surface area (Å²) >= 11 is 11.9. The van der Waals surface area contributed by atoms with Crippen LogP contribution in [0, 0.1) is 0 Å². The maximum atomic E-state index is 12.3. The predicted octanol–water partition coefficient (Wildman–Crippen LogP) is 3.18. The summed E-state index contributed by atoms with van der Waals surface area (Å²) in [7, 11) is 4.13. The van der Waals surface area contributed by atoms with E-state index in [-0.39, 0.29) is 16.5 Å². The summed E-state index contributed by atoms with van der Waals surface area (Å²) < 4.78 is 0. The summed E-state index contributed by atoms with van der Waals surface area (Å²) in [6, 6.07) is 3.10. The topological polar surface area (TPSA) is 58.4 Å². The molecule has 1 saturated carbocycles. The maximum absolute atomic E-state index is 12.3.